The van der Waals surface area contributed by atoms with Crippen molar-refractivity contribution in [3.8, 4) is 0 Å². The zero-order valence-corrected chi connectivity index (χ0v) is 8.54. The molecular formula is C9H18N2O2. The van der Waals surface area contributed by atoms with Gasteiger partial charge in [-0.05, 0) is 33.4 Å². The van der Waals surface area contributed by atoms with Crippen molar-refractivity contribution in [2.24, 2.45) is 0 Å². The third-order valence-corrected chi connectivity index (χ3v) is 2.79. The molecule has 76 valence electrons. The van der Waals surface area contributed by atoms with Gasteiger partial charge in [0.15, 0.2) is 0 Å². The summed E-state index contributed by atoms with van der Waals surface area (Å²) in [6.45, 7) is 3.24. The smallest absolute Gasteiger partial charge is 0.407 e. The van der Waals surface area contributed by atoms with E-state index in [0.717, 1.165) is 19.4 Å². The monoisotopic (exact) mass is 186 g/mol. The maximum absolute atomic E-state index is 11.0. The Labute approximate surface area is 79.2 Å². The molecule has 0 aromatic carbocycles. The zero-order valence-electron chi connectivity index (χ0n) is 8.54. The summed E-state index contributed by atoms with van der Waals surface area (Å²) in [7, 11) is 3.47. The van der Waals surface area contributed by atoms with Crippen LogP contribution < -0.4 is 5.32 Å². The summed E-state index contributed by atoms with van der Waals surface area (Å²) in [5.74, 6) is 0. The predicted octanol–water partition coefficient (Wildman–Crippen LogP) is 0.825. The molecule has 2 unspecified atom stereocenters. The Morgan fingerprint density at radius 1 is 1.62 bits per heavy atom. The van der Waals surface area contributed by atoms with E-state index in [2.05, 4.69) is 28.9 Å². The van der Waals surface area contributed by atoms with E-state index in [1.165, 1.54) is 7.11 Å². The van der Waals surface area contributed by atoms with Crippen LogP contribution in [0, 0.1) is 0 Å². The van der Waals surface area contributed by atoms with Crippen molar-refractivity contribution >= 4 is 6.09 Å². The maximum atomic E-state index is 11.0. The Balaban J connectivity index is 2.43. The number of piperidine rings is 1. The van der Waals surface area contributed by atoms with Gasteiger partial charge in [-0.25, -0.2) is 4.79 Å². The molecule has 0 aliphatic carbocycles. The topological polar surface area (TPSA) is 41.6 Å². The van der Waals surface area contributed by atoms with E-state index in [-0.39, 0.29) is 12.1 Å². The number of ether oxygens (including phenoxy) is 1. The van der Waals surface area contributed by atoms with Crippen LogP contribution in [0.15, 0.2) is 0 Å². The molecule has 0 radical (unpaired) electrons. The van der Waals surface area contributed by atoms with E-state index >= 15 is 0 Å². The van der Waals surface area contributed by atoms with E-state index < -0.39 is 0 Å². The van der Waals surface area contributed by atoms with Crippen molar-refractivity contribution in [3.63, 3.8) is 0 Å². The van der Waals surface area contributed by atoms with Gasteiger partial charge in [-0.3, -0.25) is 0 Å². The molecule has 4 nitrogen and oxygen atoms in total. The SMILES string of the molecule is COC(=O)NC1CCCN(C)C1C. The molecule has 2 atom stereocenters. The Morgan fingerprint density at radius 3 is 2.92 bits per heavy atom. The number of carbonyl (C=O) groups excluding carboxylic acids is 1. The fourth-order valence-corrected chi connectivity index (χ4v) is 1.72. The number of likely N-dealkylation sites (tertiary alicyclic amines) is 1. The van der Waals surface area contributed by atoms with E-state index in [9.17, 15) is 4.79 Å². The number of alkyl carbamates (subject to hydrolysis) is 1. The fourth-order valence-electron chi connectivity index (χ4n) is 1.72. The summed E-state index contributed by atoms with van der Waals surface area (Å²) < 4.78 is 4.57. The highest BCUT2D eigenvalue weighted by Gasteiger charge is 2.26. The summed E-state index contributed by atoms with van der Waals surface area (Å²) in [6.07, 6.45) is 1.85. The molecule has 4 heteroatoms. The van der Waals surface area contributed by atoms with Gasteiger partial charge < -0.3 is 15.0 Å². The lowest BCUT2D eigenvalue weighted by Gasteiger charge is -2.36. The molecule has 0 saturated carbocycles. The van der Waals surface area contributed by atoms with Crippen molar-refractivity contribution in [3.05, 3.63) is 0 Å². The Bertz CT molecular complexity index is 184. The lowest BCUT2D eigenvalue weighted by atomic mass is 9.98. The minimum absolute atomic E-state index is 0.228. The lowest BCUT2D eigenvalue weighted by Crippen LogP contribution is -2.52. The Hall–Kier alpha value is -0.770. The van der Waals surface area contributed by atoms with Gasteiger partial charge >= 0.3 is 6.09 Å². The molecule has 0 aromatic heterocycles. The summed E-state index contributed by atoms with van der Waals surface area (Å²) in [4.78, 5) is 13.2. The van der Waals surface area contributed by atoms with E-state index in [1.54, 1.807) is 0 Å². The average molecular weight is 186 g/mol. The highest BCUT2D eigenvalue weighted by atomic mass is 16.5. The van der Waals surface area contributed by atoms with Crippen LogP contribution in [0.1, 0.15) is 19.8 Å². The third kappa shape index (κ3) is 2.59. The predicted molar refractivity (Wildman–Crippen MR) is 50.7 cm³/mol. The molecule has 1 heterocycles. The summed E-state index contributed by atoms with van der Waals surface area (Å²) in [5.41, 5.74) is 0. The van der Waals surface area contributed by atoms with E-state index in [0.29, 0.717) is 6.04 Å². The first-order chi connectivity index (χ1) is 6.15. The average Bonchev–Trinajstić information content (AvgIpc) is 2.13. The van der Waals surface area contributed by atoms with E-state index in [1.807, 2.05) is 0 Å². The van der Waals surface area contributed by atoms with Crippen molar-refractivity contribution in [1.29, 1.82) is 0 Å². The van der Waals surface area contributed by atoms with E-state index in [4.69, 9.17) is 0 Å². The molecule has 1 aliphatic rings. The molecule has 13 heavy (non-hydrogen) atoms. The van der Waals surface area contributed by atoms with Gasteiger partial charge in [0.05, 0.1) is 7.11 Å². The maximum Gasteiger partial charge on any atom is 0.407 e. The van der Waals surface area contributed by atoms with Crippen LogP contribution in [0.5, 0.6) is 0 Å². The van der Waals surface area contributed by atoms with Crippen LogP contribution >= 0.6 is 0 Å². The molecule has 1 fully saturated rings. The van der Waals surface area contributed by atoms with Crippen LogP contribution in [0.4, 0.5) is 4.79 Å². The number of hydrogen-bond acceptors (Lipinski definition) is 3. The Kier molecular flexibility index (Phi) is 3.54. The van der Waals surface area contributed by atoms with Crippen molar-refractivity contribution in [2.45, 2.75) is 31.8 Å². The van der Waals surface area contributed by atoms with Crippen molar-refractivity contribution in [2.75, 3.05) is 20.7 Å². The summed E-state index contributed by atoms with van der Waals surface area (Å²) in [5, 5.41) is 2.85. The largest absolute Gasteiger partial charge is 0.453 e. The number of nitrogens with zero attached hydrogens (tertiary/aromatic N) is 1. The third-order valence-electron chi connectivity index (χ3n) is 2.79. The second kappa shape index (κ2) is 4.46. The molecule has 1 saturated heterocycles. The van der Waals surface area contributed by atoms with Gasteiger partial charge in [0.1, 0.15) is 0 Å². The quantitative estimate of drug-likeness (QED) is 0.659. The molecule has 0 aromatic rings. The van der Waals surface area contributed by atoms with Crippen molar-refractivity contribution in [1.82, 2.24) is 10.2 Å². The first kappa shape index (κ1) is 10.3. The van der Waals surface area contributed by atoms with Crippen LogP contribution in [0.3, 0.4) is 0 Å². The highest BCUT2D eigenvalue weighted by molar-refractivity contribution is 5.67. The second-order valence-corrected chi connectivity index (χ2v) is 3.61. The number of nitrogens with one attached hydrogen (secondary N) is 1. The first-order valence-electron chi connectivity index (χ1n) is 4.70. The second-order valence-electron chi connectivity index (χ2n) is 3.61. The highest BCUT2D eigenvalue weighted by Crippen LogP contribution is 2.15. The van der Waals surface area contributed by atoms with Crippen LogP contribution in [-0.2, 0) is 4.74 Å². The van der Waals surface area contributed by atoms with Gasteiger partial charge in [-0.15, -0.1) is 0 Å². The molecule has 0 bridgehead atoms. The number of hydrogen-bond donors (Lipinski definition) is 1. The Morgan fingerprint density at radius 2 is 2.31 bits per heavy atom. The minimum atomic E-state index is -0.327. The van der Waals surface area contributed by atoms with Crippen LogP contribution in [-0.4, -0.2) is 43.8 Å². The molecule has 1 aliphatic heterocycles. The van der Waals surface area contributed by atoms with Crippen molar-refractivity contribution < 1.29 is 9.53 Å². The number of likely N-dealkylation sites (N-methyl/N-ethyl adjacent to an activating group) is 1. The van der Waals surface area contributed by atoms with Gasteiger partial charge in [-0.1, -0.05) is 0 Å². The van der Waals surface area contributed by atoms with Crippen LogP contribution in [0.2, 0.25) is 0 Å². The molecule has 1 rings (SSSR count). The molecular weight excluding hydrogens is 168 g/mol. The molecule has 1 N–H and O–H groups in total. The minimum Gasteiger partial charge on any atom is -0.453 e. The number of methoxy groups -OCH3 is 1. The van der Waals surface area contributed by atoms with Crippen LogP contribution in [0.25, 0.3) is 0 Å². The number of rotatable bonds is 1. The molecule has 1 amide bonds. The zero-order chi connectivity index (χ0) is 9.84. The standard InChI is InChI=1S/C9H18N2O2/c1-7-8(10-9(12)13-3)5-4-6-11(7)2/h7-8H,4-6H2,1-3H3,(H,10,12). The van der Waals surface area contributed by atoms with Gasteiger partial charge in [0, 0.05) is 12.1 Å². The van der Waals surface area contributed by atoms with Gasteiger partial charge in [0.25, 0.3) is 0 Å². The fraction of sp³-hybridized carbons (Fsp3) is 0.889. The summed E-state index contributed by atoms with van der Waals surface area (Å²) >= 11 is 0. The van der Waals surface area contributed by atoms with Gasteiger partial charge in [-0.2, -0.15) is 0 Å². The lowest BCUT2D eigenvalue weighted by molar-refractivity contribution is 0.130. The first-order valence-corrected chi connectivity index (χ1v) is 4.70. The number of amides is 1. The summed E-state index contributed by atoms with van der Waals surface area (Å²) in [6, 6.07) is 0.624. The normalized spacial score (nSPS) is 29.8. The molecule has 0 spiro atoms. The van der Waals surface area contributed by atoms with Gasteiger partial charge in [0.2, 0.25) is 0 Å². The number of carbonyl (C=O) groups is 1.